The van der Waals surface area contributed by atoms with Gasteiger partial charge in [0, 0.05) is 7.14 Å². The van der Waals surface area contributed by atoms with Crippen molar-refractivity contribution in [3.8, 4) is 11.1 Å². The molecule has 0 fully saturated rings. The lowest BCUT2D eigenvalue weighted by atomic mass is 9.99. The first-order chi connectivity index (χ1) is 7.61. The van der Waals surface area contributed by atoms with E-state index in [1.54, 1.807) is 0 Å². The van der Waals surface area contributed by atoms with E-state index in [9.17, 15) is 0 Å². The van der Waals surface area contributed by atoms with Crippen molar-refractivity contribution in [3.63, 3.8) is 0 Å². The maximum Gasteiger partial charge on any atom is 0.0241 e. The molecule has 0 aromatic heterocycles. The quantitative estimate of drug-likeness (QED) is 0.543. The number of benzene rings is 2. The summed E-state index contributed by atoms with van der Waals surface area (Å²) in [5, 5.41) is 0. The highest BCUT2D eigenvalue weighted by Crippen LogP contribution is 2.33. The molecule has 0 spiro atoms. The van der Waals surface area contributed by atoms with Crippen molar-refractivity contribution in [3.05, 3.63) is 54.7 Å². The Hall–Kier alpha value is -0.1000. The molecule has 0 heterocycles. The second kappa shape index (κ2) is 5.04. The smallest absolute Gasteiger partial charge is 0.0241 e. The van der Waals surface area contributed by atoms with Gasteiger partial charge < -0.3 is 0 Å². The molecule has 0 saturated carbocycles. The van der Waals surface area contributed by atoms with Crippen molar-refractivity contribution < 1.29 is 0 Å². The molecule has 2 aromatic carbocycles. The second-order valence-electron chi connectivity index (χ2n) is 3.87. The summed E-state index contributed by atoms with van der Waals surface area (Å²) in [4.78, 5) is 0. The summed E-state index contributed by atoms with van der Waals surface area (Å²) in [6.07, 6.45) is 0. The molecule has 0 aliphatic carbocycles. The van der Waals surface area contributed by atoms with Gasteiger partial charge in [-0.2, -0.15) is 0 Å². The average molecular weight is 434 g/mol. The Morgan fingerprint density at radius 3 is 2.12 bits per heavy atom. The van der Waals surface area contributed by atoms with Crippen molar-refractivity contribution in [1.82, 2.24) is 0 Å². The normalized spacial score (nSPS) is 10.5. The van der Waals surface area contributed by atoms with Crippen molar-refractivity contribution >= 4 is 45.2 Å². The highest BCUT2D eigenvalue weighted by atomic mass is 127. The van der Waals surface area contributed by atoms with Gasteiger partial charge >= 0.3 is 0 Å². The van der Waals surface area contributed by atoms with Crippen molar-refractivity contribution in [2.75, 3.05) is 0 Å². The Bertz CT molecular complexity index is 530. The topological polar surface area (TPSA) is 0 Å². The summed E-state index contributed by atoms with van der Waals surface area (Å²) in [5.41, 5.74) is 5.42. The van der Waals surface area contributed by atoms with Gasteiger partial charge in [0.05, 0.1) is 0 Å². The van der Waals surface area contributed by atoms with E-state index in [0.29, 0.717) is 0 Å². The van der Waals surface area contributed by atoms with E-state index in [2.05, 4.69) is 95.4 Å². The van der Waals surface area contributed by atoms with E-state index in [-0.39, 0.29) is 0 Å². The van der Waals surface area contributed by atoms with Crippen LogP contribution in [0, 0.1) is 21.0 Å². The predicted molar refractivity (Wildman–Crippen MR) is 86.8 cm³/mol. The lowest BCUT2D eigenvalue weighted by molar-refractivity contribution is 1.35. The Labute approximate surface area is 124 Å². The molecule has 0 N–H and O–H groups in total. The number of rotatable bonds is 1. The van der Waals surface area contributed by atoms with Crippen LogP contribution in [0.5, 0.6) is 0 Å². The van der Waals surface area contributed by atoms with Crippen LogP contribution in [-0.4, -0.2) is 0 Å². The Morgan fingerprint density at radius 2 is 1.44 bits per heavy atom. The molecule has 0 amide bonds. The molecule has 0 saturated heterocycles. The number of hydrogen-bond acceptors (Lipinski definition) is 0. The van der Waals surface area contributed by atoms with E-state index < -0.39 is 0 Å². The van der Waals surface area contributed by atoms with E-state index >= 15 is 0 Å². The first-order valence-corrected chi connectivity index (χ1v) is 7.27. The van der Waals surface area contributed by atoms with E-state index in [4.69, 9.17) is 0 Å². The average Bonchev–Trinajstić information content (AvgIpc) is 2.27. The van der Waals surface area contributed by atoms with Crippen LogP contribution in [0.4, 0.5) is 0 Å². The van der Waals surface area contributed by atoms with Gasteiger partial charge in [-0.05, 0) is 87.3 Å². The molecule has 0 unspecified atom stereocenters. The fraction of sp³-hybridized carbons (Fsp3) is 0.143. The molecule has 0 aliphatic rings. The summed E-state index contributed by atoms with van der Waals surface area (Å²) in [6.45, 7) is 4.35. The summed E-state index contributed by atoms with van der Waals surface area (Å²) in [7, 11) is 0. The van der Waals surface area contributed by atoms with Gasteiger partial charge in [-0.15, -0.1) is 0 Å². The molecule has 2 rings (SSSR count). The summed E-state index contributed by atoms with van der Waals surface area (Å²) < 4.78 is 2.67. The third kappa shape index (κ3) is 2.27. The minimum Gasteiger partial charge on any atom is -0.0616 e. The zero-order chi connectivity index (χ0) is 11.7. The lowest BCUT2D eigenvalue weighted by Crippen LogP contribution is -1.93. The first-order valence-electron chi connectivity index (χ1n) is 5.12. The molecule has 16 heavy (non-hydrogen) atoms. The van der Waals surface area contributed by atoms with Crippen LogP contribution in [-0.2, 0) is 0 Å². The van der Waals surface area contributed by atoms with Crippen LogP contribution < -0.4 is 0 Å². The molecule has 0 radical (unpaired) electrons. The predicted octanol–water partition coefficient (Wildman–Crippen LogP) is 5.18. The van der Waals surface area contributed by atoms with Gasteiger partial charge in [-0.25, -0.2) is 0 Å². The largest absolute Gasteiger partial charge is 0.0616 e. The molecule has 82 valence electrons. The molecule has 0 atom stereocenters. The fourth-order valence-corrected chi connectivity index (χ4v) is 3.32. The SMILES string of the molecule is Cc1ccc(C)c(-c2ccccc2I)c1I. The third-order valence-electron chi connectivity index (χ3n) is 2.69. The Kier molecular flexibility index (Phi) is 3.89. The highest BCUT2D eigenvalue weighted by molar-refractivity contribution is 14.1. The third-order valence-corrected chi connectivity index (χ3v) is 5.02. The van der Waals surface area contributed by atoms with Gasteiger partial charge in [0.25, 0.3) is 0 Å². The number of halogens is 2. The van der Waals surface area contributed by atoms with Crippen molar-refractivity contribution in [2.45, 2.75) is 13.8 Å². The Morgan fingerprint density at radius 1 is 0.812 bits per heavy atom. The van der Waals surface area contributed by atoms with Crippen LogP contribution in [0.25, 0.3) is 11.1 Å². The summed E-state index contributed by atoms with van der Waals surface area (Å²) >= 11 is 4.85. The first kappa shape index (κ1) is 12.4. The number of hydrogen-bond donors (Lipinski definition) is 0. The van der Waals surface area contributed by atoms with Crippen LogP contribution in [0.1, 0.15) is 11.1 Å². The van der Waals surface area contributed by atoms with Crippen LogP contribution in [0.15, 0.2) is 36.4 Å². The maximum absolute atomic E-state index is 2.45. The molecular weight excluding hydrogens is 422 g/mol. The molecule has 2 heteroatoms. The summed E-state index contributed by atoms with van der Waals surface area (Å²) in [6, 6.07) is 12.9. The minimum absolute atomic E-state index is 1.31. The van der Waals surface area contributed by atoms with Crippen molar-refractivity contribution in [1.29, 1.82) is 0 Å². The van der Waals surface area contributed by atoms with E-state index in [1.165, 1.54) is 29.4 Å². The molecular formula is C14H12I2. The van der Waals surface area contributed by atoms with Crippen LogP contribution in [0.3, 0.4) is 0 Å². The maximum atomic E-state index is 2.45. The van der Waals surface area contributed by atoms with Crippen molar-refractivity contribution in [2.24, 2.45) is 0 Å². The monoisotopic (exact) mass is 434 g/mol. The number of aryl methyl sites for hydroxylation is 2. The fourth-order valence-electron chi connectivity index (χ4n) is 1.77. The van der Waals surface area contributed by atoms with Gasteiger partial charge in [-0.1, -0.05) is 30.3 Å². The standard InChI is InChI=1S/C14H12I2/c1-9-7-8-10(2)14(16)13(9)11-5-3-4-6-12(11)15/h3-8H,1-2H3. The highest BCUT2D eigenvalue weighted by Gasteiger charge is 2.10. The Balaban J connectivity index is 2.74. The lowest BCUT2D eigenvalue weighted by Gasteiger charge is -2.12. The molecule has 0 nitrogen and oxygen atoms in total. The molecule has 2 aromatic rings. The van der Waals surface area contributed by atoms with Gasteiger partial charge in [0.1, 0.15) is 0 Å². The molecule has 0 aliphatic heterocycles. The zero-order valence-electron chi connectivity index (χ0n) is 9.22. The van der Waals surface area contributed by atoms with E-state index in [1.807, 2.05) is 0 Å². The second-order valence-corrected chi connectivity index (χ2v) is 6.11. The van der Waals surface area contributed by atoms with Gasteiger partial charge in [0.2, 0.25) is 0 Å². The van der Waals surface area contributed by atoms with Gasteiger partial charge in [-0.3, -0.25) is 0 Å². The van der Waals surface area contributed by atoms with E-state index in [0.717, 1.165) is 0 Å². The molecule has 0 bridgehead atoms. The minimum atomic E-state index is 1.31. The van der Waals surface area contributed by atoms with Crippen LogP contribution in [0.2, 0.25) is 0 Å². The van der Waals surface area contributed by atoms with Crippen LogP contribution >= 0.6 is 45.2 Å². The summed E-state index contributed by atoms with van der Waals surface area (Å²) in [5.74, 6) is 0. The zero-order valence-corrected chi connectivity index (χ0v) is 13.5. The van der Waals surface area contributed by atoms with Gasteiger partial charge in [0.15, 0.2) is 0 Å².